The van der Waals surface area contributed by atoms with E-state index in [0.717, 1.165) is 25.7 Å². The number of hydrogen-bond donors (Lipinski definition) is 2. The van der Waals surface area contributed by atoms with Crippen molar-refractivity contribution in [3.8, 4) is 0 Å². The third-order valence-corrected chi connectivity index (χ3v) is 4.87. The van der Waals surface area contributed by atoms with Crippen LogP contribution in [0, 0.1) is 11.8 Å². The quantitative estimate of drug-likeness (QED) is 0.743. The fourth-order valence-corrected chi connectivity index (χ4v) is 3.69. The molecule has 2 atom stereocenters. The standard InChI is InChI=1S/C15H28O2/c16-14(12-8-4-1-2-5-9-12)15(17)13-10-6-3-7-11-13/h12-17H,1-11H2. The summed E-state index contributed by atoms with van der Waals surface area (Å²) in [6, 6.07) is 0. The van der Waals surface area contributed by atoms with Crippen LogP contribution >= 0.6 is 0 Å². The molecule has 0 spiro atoms. The molecule has 0 bridgehead atoms. The molecule has 0 amide bonds. The van der Waals surface area contributed by atoms with Crippen molar-refractivity contribution >= 4 is 0 Å². The van der Waals surface area contributed by atoms with Crippen molar-refractivity contribution in [2.45, 2.75) is 82.8 Å². The van der Waals surface area contributed by atoms with Crippen LogP contribution in [0.2, 0.25) is 0 Å². The van der Waals surface area contributed by atoms with Crippen molar-refractivity contribution in [2.24, 2.45) is 11.8 Å². The van der Waals surface area contributed by atoms with Gasteiger partial charge >= 0.3 is 0 Å². The fourth-order valence-electron chi connectivity index (χ4n) is 3.69. The summed E-state index contributed by atoms with van der Waals surface area (Å²) in [6.45, 7) is 0. The van der Waals surface area contributed by atoms with Crippen LogP contribution in [0.25, 0.3) is 0 Å². The minimum Gasteiger partial charge on any atom is -0.390 e. The van der Waals surface area contributed by atoms with E-state index < -0.39 is 12.2 Å². The van der Waals surface area contributed by atoms with Gasteiger partial charge in [-0.05, 0) is 37.5 Å². The average molecular weight is 240 g/mol. The Hall–Kier alpha value is -0.0800. The highest BCUT2D eigenvalue weighted by Crippen LogP contribution is 2.33. The lowest BCUT2D eigenvalue weighted by molar-refractivity contribution is -0.0582. The van der Waals surface area contributed by atoms with Crippen LogP contribution < -0.4 is 0 Å². The molecular weight excluding hydrogens is 212 g/mol. The van der Waals surface area contributed by atoms with Crippen LogP contribution in [0.3, 0.4) is 0 Å². The highest BCUT2D eigenvalue weighted by Gasteiger charge is 2.32. The molecule has 2 unspecified atom stereocenters. The molecular formula is C15H28O2. The monoisotopic (exact) mass is 240 g/mol. The number of aliphatic hydroxyl groups is 2. The Morgan fingerprint density at radius 3 is 1.18 bits per heavy atom. The molecule has 0 aromatic heterocycles. The van der Waals surface area contributed by atoms with Crippen molar-refractivity contribution in [2.75, 3.05) is 0 Å². The van der Waals surface area contributed by atoms with Crippen molar-refractivity contribution in [3.63, 3.8) is 0 Å². The zero-order valence-electron chi connectivity index (χ0n) is 11.0. The molecule has 2 saturated carbocycles. The van der Waals surface area contributed by atoms with Crippen LogP contribution in [-0.2, 0) is 0 Å². The van der Waals surface area contributed by atoms with Crippen molar-refractivity contribution in [3.05, 3.63) is 0 Å². The van der Waals surface area contributed by atoms with E-state index in [9.17, 15) is 10.2 Å². The SMILES string of the molecule is OC(C1CCCCCC1)C(O)C1CCCCC1. The summed E-state index contributed by atoms with van der Waals surface area (Å²) in [5, 5.41) is 20.7. The summed E-state index contributed by atoms with van der Waals surface area (Å²) >= 11 is 0. The molecule has 2 N–H and O–H groups in total. The highest BCUT2D eigenvalue weighted by molar-refractivity contribution is 4.83. The van der Waals surface area contributed by atoms with E-state index >= 15 is 0 Å². The summed E-state index contributed by atoms with van der Waals surface area (Å²) < 4.78 is 0. The number of rotatable bonds is 3. The Labute approximate surface area is 105 Å². The van der Waals surface area contributed by atoms with Gasteiger partial charge in [-0.2, -0.15) is 0 Å². The largest absolute Gasteiger partial charge is 0.390 e. The zero-order chi connectivity index (χ0) is 12.1. The average Bonchev–Trinajstić information content (AvgIpc) is 2.67. The summed E-state index contributed by atoms with van der Waals surface area (Å²) in [7, 11) is 0. The van der Waals surface area contributed by atoms with Gasteiger partial charge in [-0.25, -0.2) is 0 Å². The summed E-state index contributed by atoms with van der Waals surface area (Å²) in [5.74, 6) is 0.719. The Balaban J connectivity index is 1.85. The van der Waals surface area contributed by atoms with Crippen molar-refractivity contribution in [1.82, 2.24) is 0 Å². The van der Waals surface area contributed by atoms with E-state index in [-0.39, 0.29) is 0 Å². The van der Waals surface area contributed by atoms with Gasteiger partial charge in [-0.15, -0.1) is 0 Å². The van der Waals surface area contributed by atoms with Crippen LogP contribution in [0.4, 0.5) is 0 Å². The van der Waals surface area contributed by atoms with Crippen LogP contribution in [0.5, 0.6) is 0 Å². The maximum atomic E-state index is 10.4. The molecule has 2 aliphatic rings. The normalized spacial score (nSPS) is 28.6. The zero-order valence-corrected chi connectivity index (χ0v) is 11.0. The van der Waals surface area contributed by atoms with Crippen LogP contribution in [0.1, 0.15) is 70.6 Å². The van der Waals surface area contributed by atoms with Crippen LogP contribution in [-0.4, -0.2) is 22.4 Å². The summed E-state index contributed by atoms with van der Waals surface area (Å²) in [6.07, 6.45) is 12.4. The molecule has 2 aliphatic carbocycles. The molecule has 0 heterocycles. The number of hydrogen-bond acceptors (Lipinski definition) is 2. The minimum atomic E-state index is -0.462. The molecule has 0 aromatic carbocycles. The van der Waals surface area contributed by atoms with Crippen LogP contribution in [0.15, 0.2) is 0 Å². The molecule has 0 radical (unpaired) electrons. The molecule has 0 aromatic rings. The topological polar surface area (TPSA) is 40.5 Å². The molecule has 0 aliphatic heterocycles. The second kappa shape index (κ2) is 6.75. The summed E-state index contributed by atoms with van der Waals surface area (Å²) in [5.41, 5.74) is 0. The molecule has 17 heavy (non-hydrogen) atoms. The molecule has 2 nitrogen and oxygen atoms in total. The van der Waals surface area contributed by atoms with Gasteiger partial charge < -0.3 is 10.2 Å². The van der Waals surface area contributed by atoms with Gasteiger partial charge in [0.15, 0.2) is 0 Å². The van der Waals surface area contributed by atoms with E-state index in [4.69, 9.17) is 0 Å². The van der Waals surface area contributed by atoms with Gasteiger partial charge in [0.05, 0.1) is 12.2 Å². The highest BCUT2D eigenvalue weighted by atomic mass is 16.3. The maximum Gasteiger partial charge on any atom is 0.0829 e. The smallest absolute Gasteiger partial charge is 0.0829 e. The van der Waals surface area contributed by atoms with E-state index in [1.54, 1.807) is 0 Å². The molecule has 2 rings (SSSR count). The first-order chi connectivity index (χ1) is 8.29. The Kier molecular flexibility index (Phi) is 5.30. The second-order valence-electron chi connectivity index (χ2n) is 6.13. The summed E-state index contributed by atoms with van der Waals surface area (Å²) in [4.78, 5) is 0. The minimum absolute atomic E-state index is 0.356. The Bertz CT molecular complexity index is 203. The van der Waals surface area contributed by atoms with E-state index in [2.05, 4.69) is 0 Å². The first-order valence-electron chi connectivity index (χ1n) is 7.65. The van der Waals surface area contributed by atoms with E-state index in [1.165, 1.54) is 44.9 Å². The van der Waals surface area contributed by atoms with E-state index in [0.29, 0.717) is 11.8 Å². The predicted octanol–water partition coefficient (Wildman–Crippen LogP) is 3.26. The van der Waals surface area contributed by atoms with E-state index in [1.807, 2.05) is 0 Å². The van der Waals surface area contributed by atoms with Crippen molar-refractivity contribution < 1.29 is 10.2 Å². The van der Waals surface area contributed by atoms with Gasteiger partial charge in [-0.3, -0.25) is 0 Å². The lowest BCUT2D eigenvalue weighted by Gasteiger charge is -2.33. The van der Waals surface area contributed by atoms with Gasteiger partial charge in [-0.1, -0.05) is 44.9 Å². The molecule has 2 heteroatoms. The molecule has 100 valence electrons. The first-order valence-corrected chi connectivity index (χ1v) is 7.65. The van der Waals surface area contributed by atoms with Gasteiger partial charge in [0.2, 0.25) is 0 Å². The lowest BCUT2D eigenvalue weighted by atomic mass is 9.79. The second-order valence-corrected chi connectivity index (χ2v) is 6.13. The lowest BCUT2D eigenvalue weighted by Crippen LogP contribution is -2.39. The Morgan fingerprint density at radius 1 is 0.529 bits per heavy atom. The van der Waals surface area contributed by atoms with Gasteiger partial charge in [0, 0.05) is 0 Å². The van der Waals surface area contributed by atoms with Gasteiger partial charge in [0.1, 0.15) is 0 Å². The first kappa shape index (κ1) is 13.4. The molecule has 0 saturated heterocycles. The predicted molar refractivity (Wildman–Crippen MR) is 69.8 cm³/mol. The fraction of sp³-hybridized carbons (Fsp3) is 1.00. The Morgan fingerprint density at radius 2 is 0.824 bits per heavy atom. The maximum absolute atomic E-state index is 10.4. The number of aliphatic hydroxyl groups excluding tert-OH is 2. The van der Waals surface area contributed by atoms with Crippen molar-refractivity contribution in [1.29, 1.82) is 0 Å². The third-order valence-electron chi connectivity index (χ3n) is 4.87. The molecule has 2 fully saturated rings. The third kappa shape index (κ3) is 3.69. The van der Waals surface area contributed by atoms with Gasteiger partial charge in [0.25, 0.3) is 0 Å².